The smallest absolute Gasteiger partial charge is 0.146 e. The average Bonchev–Trinajstić information content (AvgIpc) is 1.97. The number of hydrogen-bond donors (Lipinski definition) is 1. The van der Waals surface area contributed by atoms with Gasteiger partial charge in [0.05, 0.1) is 5.69 Å². The Morgan fingerprint density at radius 2 is 2.18 bits per heavy atom. The van der Waals surface area contributed by atoms with Crippen molar-refractivity contribution in [2.75, 3.05) is 5.48 Å². The van der Waals surface area contributed by atoms with Crippen LogP contribution in [0.3, 0.4) is 0 Å². The topological polar surface area (TPSA) is 35.1 Å². The van der Waals surface area contributed by atoms with Gasteiger partial charge in [0.2, 0.25) is 0 Å². The van der Waals surface area contributed by atoms with E-state index in [1.54, 1.807) is 6.92 Å². The molecule has 1 N–H and O–H groups in total. The molecule has 0 saturated heterocycles. The molecule has 0 aliphatic carbocycles. The van der Waals surface area contributed by atoms with Crippen molar-refractivity contribution in [1.82, 2.24) is 0 Å². The van der Waals surface area contributed by atoms with Gasteiger partial charge in [-0.1, -0.05) is 11.6 Å². The van der Waals surface area contributed by atoms with Crippen molar-refractivity contribution in [2.45, 2.75) is 6.92 Å². The summed E-state index contributed by atoms with van der Waals surface area (Å²) in [6.45, 7) is 1.70. The van der Waals surface area contributed by atoms with Crippen molar-refractivity contribution in [1.29, 1.82) is 0 Å². The molecule has 0 unspecified atom stereocenters. The van der Waals surface area contributed by atoms with Crippen molar-refractivity contribution in [3.8, 4) is 0 Å². The van der Waals surface area contributed by atoms with Gasteiger partial charge in [0.1, 0.15) is 5.82 Å². The van der Waals surface area contributed by atoms with Gasteiger partial charge in [-0.2, -0.15) is 0 Å². The zero-order valence-electron chi connectivity index (χ0n) is 5.82. The van der Waals surface area contributed by atoms with E-state index in [4.69, 9.17) is 11.6 Å². The number of nitrogens with one attached hydrogen (secondary N) is 1. The molecular formula is C7H6ClFNO-. The normalized spacial score (nSPS) is 9.82. The molecule has 2 nitrogen and oxygen atoms in total. The van der Waals surface area contributed by atoms with Gasteiger partial charge in [0, 0.05) is 5.02 Å². The third-order valence-electron chi connectivity index (χ3n) is 1.36. The molecule has 0 spiro atoms. The van der Waals surface area contributed by atoms with E-state index in [2.05, 4.69) is 0 Å². The van der Waals surface area contributed by atoms with E-state index in [0.29, 0.717) is 10.6 Å². The Morgan fingerprint density at radius 1 is 1.55 bits per heavy atom. The van der Waals surface area contributed by atoms with Crippen LogP contribution in [0.4, 0.5) is 10.1 Å². The molecular weight excluding hydrogens is 169 g/mol. The highest BCUT2D eigenvalue weighted by molar-refractivity contribution is 6.31. The van der Waals surface area contributed by atoms with Crippen molar-refractivity contribution < 1.29 is 4.39 Å². The van der Waals surface area contributed by atoms with Crippen LogP contribution in [0.25, 0.3) is 0 Å². The van der Waals surface area contributed by atoms with Gasteiger partial charge in [-0.25, -0.2) is 4.39 Å². The van der Waals surface area contributed by atoms with Crippen LogP contribution in [0.15, 0.2) is 12.1 Å². The number of halogens is 2. The van der Waals surface area contributed by atoms with E-state index in [0.717, 1.165) is 6.07 Å². The number of anilines is 1. The molecule has 1 rings (SSSR count). The third-order valence-corrected chi connectivity index (χ3v) is 1.77. The number of benzene rings is 1. The standard InChI is InChI=1S/C7H6ClFNO/c1-4-2-7(10-11)6(9)3-5(4)8/h2-3,10H,1H3/q-1. The second kappa shape index (κ2) is 3.07. The van der Waals surface area contributed by atoms with Crippen LogP contribution in [0.1, 0.15) is 5.56 Å². The molecule has 0 aliphatic rings. The van der Waals surface area contributed by atoms with E-state index in [1.807, 2.05) is 0 Å². The minimum Gasteiger partial charge on any atom is -0.761 e. The second-order valence-corrected chi connectivity index (χ2v) is 2.59. The summed E-state index contributed by atoms with van der Waals surface area (Å²) >= 11 is 5.57. The molecule has 60 valence electrons. The largest absolute Gasteiger partial charge is 0.761 e. The van der Waals surface area contributed by atoms with Gasteiger partial charge in [-0.05, 0) is 24.6 Å². The van der Waals surface area contributed by atoms with Crippen molar-refractivity contribution >= 4 is 17.3 Å². The highest BCUT2D eigenvalue weighted by Crippen LogP contribution is 2.22. The Kier molecular flexibility index (Phi) is 2.31. The predicted octanol–water partition coefficient (Wildman–Crippen LogP) is 2.70. The average molecular weight is 175 g/mol. The van der Waals surface area contributed by atoms with Gasteiger partial charge in [0.15, 0.2) is 0 Å². The van der Waals surface area contributed by atoms with Gasteiger partial charge >= 0.3 is 0 Å². The maximum Gasteiger partial charge on any atom is 0.146 e. The molecule has 0 atom stereocenters. The molecule has 0 heterocycles. The summed E-state index contributed by atoms with van der Waals surface area (Å²) in [6, 6.07) is 2.47. The van der Waals surface area contributed by atoms with Crippen LogP contribution in [0.2, 0.25) is 5.02 Å². The van der Waals surface area contributed by atoms with Crippen molar-refractivity contribution in [3.63, 3.8) is 0 Å². The van der Waals surface area contributed by atoms with Gasteiger partial charge in [-0.15, -0.1) is 0 Å². The van der Waals surface area contributed by atoms with Crippen molar-refractivity contribution in [2.24, 2.45) is 0 Å². The summed E-state index contributed by atoms with van der Waals surface area (Å²) in [5.41, 5.74) is 2.08. The Morgan fingerprint density at radius 3 is 2.73 bits per heavy atom. The summed E-state index contributed by atoms with van der Waals surface area (Å²) in [5, 5.41) is 10.4. The lowest BCUT2D eigenvalue weighted by atomic mass is 10.2. The molecule has 0 radical (unpaired) electrons. The molecule has 0 saturated carbocycles. The first kappa shape index (κ1) is 8.30. The van der Waals surface area contributed by atoms with E-state index < -0.39 is 5.82 Å². The molecule has 0 aromatic heterocycles. The molecule has 11 heavy (non-hydrogen) atoms. The molecule has 1 aromatic carbocycles. The molecule has 1 aromatic rings. The zero-order chi connectivity index (χ0) is 8.43. The molecule has 4 heteroatoms. The summed E-state index contributed by atoms with van der Waals surface area (Å²) in [7, 11) is 0. The summed E-state index contributed by atoms with van der Waals surface area (Å²) in [5.74, 6) is -0.629. The van der Waals surface area contributed by atoms with Gasteiger partial charge in [-0.3, -0.25) is 0 Å². The van der Waals surface area contributed by atoms with Crippen molar-refractivity contribution in [3.05, 3.63) is 33.7 Å². The number of rotatable bonds is 1. The number of aryl methyl sites for hydroxylation is 1. The maximum absolute atomic E-state index is 12.7. The minimum absolute atomic E-state index is 0.0769. The van der Waals surface area contributed by atoms with Crippen LogP contribution in [-0.4, -0.2) is 0 Å². The van der Waals surface area contributed by atoms with E-state index in [9.17, 15) is 9.60 Å². The highest BCUT2D eigenvalue weighted by atomic mass is 35.5. The lowest BCUT2D eigenvalue weighted by Gasteiger charge is -2.11. The number of hydrogen-bond acceptors (Lipinski definition) is 2. The fourth-order valence-corrected chi connectivity index (χ4v) is 0.886. The first-order valence-corrected chi connectivity index (χ1v) is 3.36. The first-order chi connectivity index (χ1) is 5.15. The maximum atomic E-state index is 12.7. The monoisotopic (exact) mass is 174 g/mol. The Bertz CT molecular complexity index is 277. The first-order valence-electron chi connectivity index (χ1n) is 2.99. The fourth-order valence-electron chi connectivity index (χ4n) is 0.735. The van der Waals surface area contributed by atoms with E-state index in [1.165, 1.54) is 11.5 Å². The quantitative estimate of drug-likeness (QED) is 0.665. The van der Waals surface area contributed by atoms with Gasteiger partial charge < -0.3 is 10.7 Å². The Hall–Kier alpha value is -0.800. The minimum atomic E-state index is -0.629. The van der Waals surface area contributed by atoms with Crippen LogP contribution in [0, 0.1) is 17.9 Å². The van der Waals surface area contributed by atoms with E-state index in [-0.39, 0.29) is 5.69 Å². The summed E-state index contributed by atoms with van der Waals surface area (Å²) < 4.78 is 12.7. The SMILES string of the molecule is Cc1cc(N[O-])c(F)cc1Cl. The lowest BCUT2D eigenvalue weighted by molar-refractivity contribution is 0.631. The molecule has 0 fully saturated rings. The Labute approximate surface area is 68.6 Å². The third kappa shape index (κ3) is 1.61. The molecule has 0 amide bonds. The predicted molar refractivity (Wildman–Crippen MR) is 43.1 cm³/mol. The molecule has 0 bridgehead atoms. The fraction of sp³-hybridized carbons (Fsp3) is 0.143. The highest BCUT2D eigenvalue weighted by Gasteiger charge is 2.01. The van der Waals surface area contributed by atoms with Gasteiger partial charge in [0.25, 0.3) is 0 Å². The van der Waals surface area contributed by atoms with Crippen LogP contribution < -0.4 is 5.48 Å². The zero-order valence-corrected chi connectivity index (χ0v) is 6.57. The van der Waals surface area contributed by atoms with Crippen LogP contribution in [-0.2, 0) is 0 Å². The van der Waals surface area contributed by atoms with E-state index >= 15 is 0 Å². The molecule has 0 aliphatic heterocycles. The second-order valence-electron chi connectivity index (χ2n) is 2.18. The summed E-state index contributed by atoms with van der Waals surface area (Å²) in [4.78, 5) is 0. The van der Waals surface area contributed by atoms with Crippen LogP contribution >= 0.6 is 11.6 Å². The Balaban J connectivity index is 3.21. The summed E-state index contributed by atoms with van der Waals surface area (Å²) in [6.07, 6.45) is 0. The lowest BCUT2D eigenvalue weighted by Crippen LogP contribution is -1.91. The van der Waals surface area contributed by atoms with Crippen LogP contribution in [0.5, 0.6) is 0 Å².